The van der Waals surface area contributed by atoms with Crippen LogP contribution >= 0.6 is 0 Å². The molecular weight excluding hydrogens is 196 g/mol. The molecule has 2 aliphatic rings. The van der Waals surface area contributed by atoms with Crippen LogP contribution in [0.1, 0.15) is 32.1 Å². The standard InChI is InChI=1S/C11H18O4/c1-13-10(12)9-7-14-11(15-8-9)5-3-2-4-6-11/h9H,2-8H2,1H3. The quantitative estimate of drug-likeness (QED) is 0.620. The van der Waals surface area contributed by atoms with Gasteiger partial charge in [0.05, 0.1) is 20.3 Å². The number of carbonyl (C=O) groups is 1. The molecule has 1 spiro atoms. The molecule has 0 aromatic rings. The third kappa shape index (κ3) is 2.32. The van der Waals surface area contributed by atoms with Gasteiger partial charge in [0.2, 0.25) is 0 Å². The number of esters is 1. The van der Waals surface area contributed by atoms with Crippen LogP contribution in [-0.4, -0.2) is 32.1 Å². The highest BCUT2D eigenvalue weighted by Gasteiger charge is 2.40. The van der Waals surface area contributed by atoms with Gasteiger partial charge in [0.1, 0.15) is 5.92 Å². The molecule has 0 amide bonds. The van der Waals surface area contributed by atoms with Crippen molar-refractivity contribution in [2.24, 2.45) is 5.92 Å². The minimum Gasteiger partial charge on any atom is -0.469 e. The number of carbonyl (C=O) groups excluding carboxylic acids is 1. The van der Waals surface area contributed by atoms with Gasteiger partial charge < -0.3 is 14.2 Å². The van der Waals surface area contributed by atoms with Gasteiger partial charge in [0.25, 0.3) is 0 Å². The summed E-state index contributed by atoms with van der Waals surface area (Å²) in [6, 6.07) is 0. The maximum absolute atomic E-state index is 11.3. The molecule has 0 bridgehead atoms. The Kier molecular flexibility index (Phi) is 3.26. The number of rotatable bonds is 1. The lowest BCUT2D eigenvalue weighted by molar-refractivity contribution is -0.293. The zero-order valence-corrected chi connectivity index (χ0v) is 9.16. The van der Waals surface area contributed by atoms with Crippen molar-refractivity contribution in [3.8, 4) is 0 Å². The van der Waals surface area contributed by atoms with Crippen molar-refractivity contribution in [3.05, 3.63) is 0 Å². The summed E-state index contributed by atoms with van der Waals surface area (Å²) in [5, 5.41) is 0. The molecule has 1 aliphatic carbocycles. The lowest BCUT2D eigenvalue weighted by atomic mass is 9.93. The molecule has 86 valence electrons. The molecule has 1 heterocycles. The molecule has 4 heteroatoms. The van der Waals surface area contributed by atoms with E-state index in [0.29, 0.717) is 13.2 Å². The molecule has 2 rings (SSSR count). The van der Waals surface area contributed by atoms with E-state index in [0.717, 1.165) is 25.7 Å². The van der Waals surface area contributed by atoms with Crippen LogP contribution in [0.25, 0.3) is 0 Å². The van der Waals surface area contributed by atoms with Crippen LogP contribution < -0.4 is 0 Å². The molecule has 0 radical (unpaired) electrons. The third-order valence-electron chi connectivity index (χ3n) is 3.25. The molecule has 1 saturated heterocycles. The lowest BCUT2D eigenvalue weighted by Gasteiger charge is -2.41. The summed E-state index contributed by atoms with van der Waals surface area (Å²) in [4.78, 5) is 11.3. The summed E-state index contributed by atoms with van der Waals surface area (Å²) in [5.74, 6) is -0.869. The highest BCUT2D eigenvalue weighted by atomic mass is 16.7. The molecule has 0 aromatic heterocycles. The van der Waals surface area contributed by atoms with Crippen molar-refractivity contribution in [2.75, 3.05) is 20.3 Å². The SMILES string of the molecule is COC(=O)C1COC2(CCCCC2)OC1. The fourth-order valence-electron chi connectivity index (χ4n) is 2.28. The Balaban J connectivity index is 1.88. The highest BCUT2D eigenvalue weighted by Crippen LogP contribution is 2.36. The van der Waals surface area contributed by atoms with Gasteiger partial charge >= 0.3 is 5.97 Å². The summed E-state index contributed by atoms with van der Waals surface area (Å²) in [5.41, 5.74) is 0. The van der Waals surface area contributed by atoms with Gasteiger partial charge in [-0.1, -0.05) is 6.42 Å². The predicted octanol–water partition coefficient (Wildman–Crippen LogP) is 1.48. The lowest BCUT2D eigenvalue weighted by Crippen LogP contribution is -2.47. The second kappa shape index (κ2) is 4.49. The second-order valence-electron chi connectivity index (χ2n) is 4.31. The number of hydrogen-bond donors (Lipinski definition) is 0. The topological polar surface area (TPSA) is 44.8 Å². The third-order valence-corrected chi connectivity index (χ3v) is 3.25. The smallest absolute Gasteiger partial charge is 0.313 e. The molecule has 0 unspecified atom stereocenters. The number of ether oxygens (including phenoxy) is 3. The van der Waals surface area contributed by atoms with Gasteiger partial charge in [-0.25, -0.2) is 0 Å². The molecule has 2 fully saturated rings. The summed E-state index contributed by atoms with van der Waals surface area (Å²) in [6.07, 6.45) is 5.49. The van der Waals surface area contributed by atoms with Crippen molar-refractivity contribution in [1.29, 1.82) is 0 Å². The Labute approximate surface area is 89.9 Å². The number of methoxy groups -OCH3 is 1. The zero-order valence-electron chi connectivity index (χ0n) is 9.16. The van der Waals surface area contributed by atoms with E-state index in [2.05, 4.69) is 4.74 Å². The fourth-order valence-corrected chi connectivity index (χ4v) is 2.28. The predicted molar refractivity (Wildman–Crippen MR) is 53.2 cm³/mol. The van der Waals surface area contributed by atoms with E-state index in [9.17, 15) is 4.79 Å². The van der Waals surface area contributed by atoms with Crippen LogP contribution in [0.5, 0.6) is 0 Å². The van der Waals surface area contributed by atoms with Crippen LogP contribution in [0.4, 0.5) is 0 Å². The summed E-state index contributed by atoms with van der Waals surface area (Å²) in [7, 11) is 1.40. The first-order valence-corrected chi connectivity index (χ1v) is 5.61. The van der Waals surface area contributed by atoms with Crippen LogP contribution in [0.2, 0.25) is 0 Å². The number of hydrogen-bond acceptors (Lipinski definition) is 4. The molecule has 0 aromatic carbocycles. The Morgan fingerprint density at radius 2 is 1.80 bits per heavy atom. The minimum absolute atomic E-state index is 0.236. The van der Waals surface area contributed by atoms with Crippen LogP contribution in [0, 0.1) is 5.92 Å². The fraction of sp³-hybridized carbons (Fsp3) is 0.909. The van der Waals surface area contributed by atoms with Crippen LogP contribution in [-0.2, 0) is 19.0 Å². The van der Waals surface area contributed by atoms with E-state index >= 15 is 0 Å². The second-order valence-corrected chi connectivity index (χ2v) is 4.31. The van der Waals surface area contributed by atoms with E-state index < -0.39 is 0 Å². The first-order chi connectivity index (χ1) is 7.26. The largest absolute Gasteiger partial charge is 0.469 e. The molecule has 4 nitrogen and oxygen atoms in total. The van der Waals surface area contributed by atoms with Crippen molar-refractivity contribution in [2.45, 2.75) is 37.9 Å². The van der Waals surface area contributed by atoms with E-state index in [4.69, 9.17) is 9.47 Å². The molecule has 1 aliphatic heterocycles. The van der Waals surface area contributed by atoms with E-state index in [1.54, 1.807) is 0 Å². The highest BCUT2D eigenvalue weighted by molar-refractivity contribution is 5.72. The van der Waals surface area contributed by atoms with E-state index in [1.165, 1.54) is 13.5 Å². The van der Waals surface area contributed by atoms with Crippen LogP contribution in [0.3, 0.4) is 0 Å². The van der Waals surface area contributed by atoms with Crippen molar-refractivity contribution >= 4 is 5.97 Å². The van der Waals surface area contributed by atoms with Crippen molar-refractivity contribution in [3.63, 3.8) is 0 Å². The van der Waals surface area contributed by atoms with Crippen molar-refractivity contribution < 1.29 is 19.0 Å². The van der Waals surface area contributed by atoms with Gasteiger partial charge in [-0.15, -0.1) is 0 Å². The van der Waals surface area contributed by atoms with E-state index in [1.807, 2.05) is 0 Å². The molecule has 1 saturated carbocycles. The van der Waals surface area contributed by atoms with Gasteiger partial charge in [-0.3, -0.25) is 4.79 Å². The van der Waals surface area contributed by atoms with Gasteiger partial charge in [0, 0.05) is 12.8 Å². The first-order valence-electron chi connectivity index (χ1n) is 5.61. The summed E-state index contributed by atoms with van der Waals surface area (Å²) >= 11 is 0. The Morgan fingerprint density at radius 3 is 2.33 bits per heavy atom. The first kappa shape index (κ1) is 10.9. The maximum Gasteiger partial charge on any atom is 0.313 e. The summed E-state index contributed by atoms with van der Waals surface area (Å²) in [6.45, 7) is 0.874. The average Bonchev–Trinajstić information content (AvgIpc) is 2.30. The van der Waals surface area contributed by atoms with Crippen LogP contribution in [0.15, 0.2) is 0 Å². The van der Waals surface area contributed by atoms with E-state index in [-0.39, 0.29) is 17.7 Å². The molecule has 15 heavy (non-hydrogen) atoms. The Bertz CT molecular complexity index is 223. The maximum atomic E-state index is 11.3. The molecular formula is C11H18O4. The average molecular weight is 214 g/mol. The molecule has 0 N–H and O–H groups in total. The monoisotopic (exact) mass is 214 g/mol. The van der Waals surface area contributed by atoms with Gasteiger partial charge in [-0.2, -0.15) is 0 Å². The zero-order chi connectivity index (χ0) is 10.7. The van der Waals surface area contributed by atoms with Crippen molar-refractivity contribution in [1.82, 2.24) is 0 Å². The van der Waals surface area contributed by atoms with Gasteiger partial charge in [-0.05, 0) is 12.8 Å². The summed E-state index contributed by atoms with van der Waals surface area (Å²) < 4.78 is 16.1. The minimum atomic E-state index is -0.386. The molecule has 0 atom stereocenters. The normalized spacial score (nSPS) is 26.5. The Hall–Kier alpha value is -0.610. The Morgan fingerprint density at radius 1 is 1.20 bits per heavy atom. The van der Waals surface area contributed by atoms with Gasteiger partial charge in [0.15, 0.2) is 5.79 Å².